The van der Waals surface area contributed by atoms with Crippen molar-refractivity contribution >= 4 is 39.6 Å². The van der Waals surface area contributed by atoms with E-state index in [2.05, 4.69) is 120 Å². The van der Waals surface area contributed by atoms with Crippen LogP contribution in [-0.2, 0) is 9.84 Å². The van der Waals surface area contributed by atoms with Crippen LogP contribution >= 0.6 is 22.6 Å². The predicted octanol–water partition coefficient (Wildman–Crippen LogP) is 8.91. The van der Waals surface area contributed by atoms with Gasteiger partial charge in [-0.2, -0.15) is 0 Å². The van der Waals surface area contributed by atoms with E-state index in [9.17, 15) is 0 Å². The molecular formula is C32H21IO. The molecule has 0 amide bonds. The molecule has 1 spiro atoms. The van der Waals surface area contributed by atoms with Gasteiger partial charge in [0.1, 0.15) is 11.3 Å². The van der Waals surface area contributed by atoms with Gasteiger partial charge in [0, 0.05) is 10.9 Å². The third-order valence-corrected chi connectivity index (χ3v) is 8.14. The van der Waals surface area contributed by atoms with E-state index in [-0.39, 0.29) is 5.41 Å². The predicted molar refractivity (Wildman–Crippen MR) is 149 cm³/mol. The largest absolute Gasteiger partial charge is 0.460 e. The summed E-state index contributed by atoms with van der Waals surface area (Å²) in [4.78, 5) is 0. The van der Waals surface area contributed by atoms with Crippen molar-refractivity contribution in [1.82, 2.24) is 0 Å². The lowest BCUT2D eigenvalue weighted by Gasteiger charge is -2.30. The summed E-state index contributed by atoms with van der Waals surface area (Å²) in [6.07, 6.45) is 5.99. The first-order chi connectivity index (χ1) is 16.8. The van der Waals surface area contributed by atoms with Gasteiger partial charge in [-0.3, -0.25) is 0 Å². The van der Waals surface area contributed by atoms with Crippen LogP contribution in [0.1, 0.15) is 33.6 Å². The average Bonchev–Trinajstić information content (AvgIpc) is 3.51. The Morgan fingerprint density at radius 2 is 1.32 bits per heavy atom. The number of hydrogen-bond acceptors (Lipinski definition) is 1. The molecule has 2 aliphatic carbocycles. The van der Waals surface area contributed by atoms with E-state index in [0.717, 1.165) is 21.3 Å². The molecule has 0 saturated carbocycles. The number of halogens is 1. The van der Waals surface area contributed by atoms with E-state index < -0.39 is 0 Å². The smallest absolute Gasteiger partial charge is 0.135 e. The summed E-state index contributed by atoms with van der Waals surface area (Å²) >= 11 is 2.39. The fourth-order valence-electron chi connectivity index (χ4n) is 6.28. The molecule has 4 aromatic carbocycles. The van der Waals surface area contributed by atoms with E-state index in [0.29, 0.717) is 0 Å². The van der Waals surface area contributed by atoms with Crippen molar-refractivity contribution in [1.29, 1.82) is 0 Å². The zero-order valence-electron chi connectivity index (χ0n) is 18.5. The number of fused-ring (bicyclic) bond motifs is 12. The fourth-order valence-corrected chi connectivity index (χ4v) is 6.85. The first-order valence-electron chi connectivity index (χ1n) is 11.5. The van der Waals surface area contributed by atoms with Gasteiger partial charge in [-0.1, -0.05) is 126 Å². The molecule has 0 unspecified atom stereocenters. The van der Waals surface area contributed by atoms with Gasteiger partial charge in [0.2, 0.25) is 0 Å². The highest BCUT2D eigenvalue weighted by Crippen LogP contribution is 2.64. The van der Waals surface area contributed by atoms with E-state index in [4.69, 9.17) is 4.42 Å². The molecule has 0 N–H and O–H groups in total. The molecule has 162 valence electrons. The van der Waals surface area contributed by atoms with Crippen LogP contribution in [0.15, 0.2) is 108 Å². The fraction of sp³-hybridized carbons (Fsp3) is 0.0625. The van der Waals surface area contributed by atoms with Gasteiger partial charge in [-0.05, 0) is 50.6 Å². The van der Waals surface area contributed by atoms with Crippen LogP contribution in [0.3, 0.4) is 0 Å². The van der Waals surface area contributed by atoms with Gasteiger partial charge in [-0.25, -0.2) is 0 Å². The van der Waals surface area contributed by atoms with Crippen LogP contribution in [0.4, 0.5) is 0 Å². The molecule has 7 rings (SSSR count). The molecular weight excluding hydrogens is 527 g/mol. The second-order valence-corrected chi connectivity index (χ2v) is 9.68. The maximum Gasteiger partial charge on any atom is 0.135 e. The monoisotopic (exact) mass is 548 g/mol. The van der Waals surface area contributed by atoms with Crippen molar-refractivity contribution in [3.63, 3.8) is 0 Å². The molecule has 34 heavy (non-hydrogen) atoms. The van der Waals surface area contributed by atoms with Gasteiger partial charge >= 0.3 is 0 Å². The van der Waals surface area contributed by atoms with E-state index in [1.54, 1.807) is 0 Å². The zero-order chi connectivity index (χ0) is 22.9. The van der Waals surface area contributed by atoms with Crippen LogP contribution in [-0.4, -0.2) is 0 Å². The lowest BCUT2D eigenvalue weighted by molar-refractivity contribution is 0.576. The normalized spacial score (nSPS) is 14.4. The van der Waals surface area contributed by atoms with Crippen molar-refractivity contribution < 1.29 is 4.42 Å². The summed E-state index contributed by atoms with van der Waals surface area (Å²) in [5, 5.41) is 1.20. The Morgan fingerprint density at radius 1 is 0.735 bits per heavy atom. The first-order valence-corrected chi connectivity index (χ1v) is 13.1. The third kappa shape index (κ3) is 2.34. The maximum absolute atomic E-state index is 6.38. The Balaban J connectivity index is 1.71. The van der Waals surface area contributed by atoms with Gasteiger partial charge in [0.25, 0.3) is 0 Å². The molecule has 0 bridgehead atoms. The molecule has 2 heteroatoms. The van der Waals surface area contributed by atoms with Crippen molar-refractivity contribution in [2.24, 2.45) is 0 Å². The highest BCUT2D eigenvalue weighted by molar-refractivity contribution is 14.1. The lowest BCUT2D eigenvalue weighted by atomic mass is 9.70. The minimum Gasteiger partial charge on any atom is -0.460 e. The summed E-state index contributed by atoms with van der Waals surface area (Å²) in [7, 11) is 0. The SMILES string of the molecule is C=C/C=C\c1c(CI)oc2ccc3c(c12)-c1ccccc1C31c2ccccc2-c2ccccc21. The number of furan rings is 1. The van der Waals surface area contributed by atoms with Gasteiger partial charge in [0.15, 0.2) is 0 Å². The quantitative estimate of drug-likeness (QED) is 0.122. The van der Waals surface area contributed by atoms with Gasteiger partial charge in [-0.15, -0.1) is 0 Å². The van der Waals surface area contributed by atoms with Crippen molar-refractivity contribution in [2.75, 3.05) is 0 Å². The van der Waals surface area contributed by atoms with Crippen LogP contribution in [0.2, 0.25) is 0 Å². The van der Waals surface area contributed by atoms with Crippen molar-refractivity contribution in [3.05, 3.63) is 137 Å². The summed E-state index contributed by atoms with van der Waals surface area (Å²) in [5.41, 5.74) is 12.4. The number of hydrogen-bond donors (Lipinski definition) is 0. The molecule has 0 saturated heterocycles. The van der Waals surface area contributed by atoms with Gasteiger partial charge < -0.3 is 4.42 Å². The second kappa shape index (κ2) is 7.31. The molecule has 0 aliphatic heterocycles. The van der Waals surface area contributed by atoms with Crippen LogP contribution in [0.25, 0.3) is 39.3 Å². The van der Waals surface area contributed by atoms with Crippen LogP contribution < -0.4 is 0 Å². The molecule has 5 aromatic rings. The van der Waals surface area contributed by atoms with Crippen LogP contribution in [0.5, 0.6) is 0 Å². The number of allylic oxidation sites excluding steroid dienone is 2. The molecule has 2 aliphatic rings. The Morgan fingerprint density at radius 3 is 1.94 bits per heavy atom. The molecule has 1 aromatic heterocycles. The second-order valence-electron chi connectivity index (χ2n) is 8.92. The highest BCUT2D eigenvalue weighted by atomic mass is 127. The van der Waals surface area contributed by atoms with Crippen molar-refractivity contribution in [3.8, 4) is 22.3 Å². The Hall–Kier alpha value is -3.37. The standard InChI is InChI=1S/C32H21IO/c1-2-3-10-23-29(19-33)34-28-18-17-27-30(31(23)28)22-13-6-9-16-26(22)32(27)24-14-7-4-11-20(24)21-12-5-8-15-25(21)32/h2-18H,1,19H2/b10-3-. The Labute approximate surface area is 212 Å². The number of benzene rings is 4. The zero-order valence-corrected chi connectivity index (χ0v) is 20.7. The van der Waals surface area contributed by atoms with Gasteiger partial charge in [0.05, 0.1) is 9.84 Å². The van der Waals surface area contributed by atoms with E-state index >= 15 is 0 Å². The summed E-state index contributed by atoms with van der Waals surface area (Å²) in [5.74, 6) is 1.01. The average molecular weight is 548 g/mol. The van der Waals surface area contributed by atoms with Crippen LogP contribution in [0, 0.1) is 0 Å². The Kier molecular flexibility index (Phi) is 4.31. The summed E-state index contributed by atoms with van der Waals surface area (Å²) < 4.78 is 7.20. The molecule has 0 atom stereocenters. The van der Waals surface area contributed by atoms with Crippen molar-refractivity contribution in [2.45, 2.75) is 9.84 Å². The number of alkyl halides is 1. The number of rotatable bonds is 3. The lowest BCUT2D eigenvalue weighted by Crippen LogP contribution is -2.25. The first kappa shape index (κ1) is 20.0. The van der Waals surface area contributed by atoms with E-state index in [1.165, 1.54) is 49.9 Å². The maximum atomic E-state index is 6.38. The topological polar surface area (TPSA) is 13.1 Å². The summed E-state index contributed by atoms with van der Waals surface area (Å²) in [6, 6.07) is 31.2. The molecule has 1 nitrogen and oxygen atoms in total. The minimum atomic E-state index is -0.325. The minimum absolute atomic E-state index is 0.325. The van der Waals surface area contributed by atoms with E-state index in [1.807, 2.05) is 12.2 Å². The third-order valence-electron chi connectivity index (χ3n) is 7.45. The molecule has 0 fully saturated rings. The molecule has 0 radical (unpaired) electrons. The highest BCUT2D eigenvalue weighted by Gasteiger charge is 2.52. The Bertz CT molecular complexity index is 1620. The summed E-state index contributed by atoms with van der Waals surface area (Å²) in [6.45, 7) is 3.89. The molecule has 1 heterocycles.